The van der Waals surface area contributed by atoms with Gasteiger partial charge in [0.05, 0.1) is 0 Å². The normalized spacial score (nSPS) is 11.4. The molecular formula is C18H17FO2. The molecule has 1 N–H and O–H groups in total. The fraction of sp³-hybridized carbons (Fsp3) is 0.167. The molecule has 0 saturated carbocycles. The van der Waals surface area contributed by atoms with Crippen molar-refractivity contribution in [2.75, 3.05) is 0 Å². The predicted octanol–water partition coefficient (Wildman–Crippen LogP) is 4.46. The van der Waals surface area contributed by atoms with E-state index in [-0.39, 0.29) is 5.82 Å². The van der Waals surface area contributed by atoms with Crippen molar-refractivity contribution in [3.8, 4) is 11.1 Å². The Kier molecular flexibility index (Phi) is 4.88. The zero-order valence-electron chi connectivity index (χ0n) is 11.8. The van der Waals surface area contributed by atoms with Crippen LogP contribution in [-0.4, -0.2) is 11.1 Å². The molecule has 108 valence electrons. The Hall–Kier alpha value is -2.42. The second-order valence-corrected chi connectivity index (χ2v) is 5.03. The number of aryl methyl sites for hydroxylation is 1. The molecule has 0 aromatic heterocycles. The number of benzene rings is 2. The maximum atomic E-state index is 12.9. The molecule has 21 heavy (non-hydrogen) atoms. The summed E-state index contributed by atoms with van der Waals surface area (Å²) in [7, 11) is 0. The second-order valence-electron chi connectivity index (χ2n) is 5.03. The van der Waals surface area contributed by atoms with Gasteiger partial charge in [-0.15, -0.1) is 0 Å². The lowest BCUT2D eigenvalue weighted by atomic mass is 10.0. The monoisotopic (exact) mass is 284 g/mol. The van der Waals surface area contributed by atoms with Gasteiger partial charge in [-0.2, -0.15) is 0 Å². The molecule has 0 heterocycles. The van der Waals surface area contributed by atoms with Crippen molar-refractivity contribution in [1.29, 1.82) is 0 Å². The SMILES string of the molecule is C/C(=C\C(=O)O)CCc1ccc(-c2ccc(F)cc2)cc1. The van der Waals surface area contributed by atoms with Crippen LogP contribution in [0.2, 0.25) is 0 Å². The summed E-state index contributed by atoms with van der Waals surface area (Å²) in [5.74, 6) is -1.14. The van der Waals surface area contributed by atoms with E-state index in [1.54, 1.807) is 12.1 Å². The first-order chi connectivity index (χ1) is 10.0. The number of halogens is 1. The van der Waals surface area contributed by atoms with Gasteiger partial charge >= 0.3 is 5.97 Å². The fourth-order valence-corrected chi connectivity index (χ4v) is 2.13. The zero-order chi connectivity index (χ0) is 15.2. The molecule has 3 heteroatoms. The molecule has 0 aliphatic heterocycles. The minimum Gasteiger partial charge on any atom is -0.478 e. The number of allylic oxidation sites excluding steroid dienone is 1. The van der Waals surface area contributed by atoms with Crippen LogP contribution in [0.5, 0.6) is 0 Å². The maximum Gasteiger partial charge on any atom is 0.328 e. The van der Waals surface area contributed by atoms with Crippen LogP contribution in [0.15, 0.2) is 60.2 Å². The lowest BCUT2D eigenvalue weighted by Gasteiger charge is -2.05. The minimum absolute atomic E-state index is 0.240. The standard InChI is InChI=1S/C18H17FO2/c1-13(12-18(20)21)2-3-14-4-6-15(7-5-14)16-8-10-17(19)11-9-16/h4-12H,2-3H2,1H3,(H,20,21)/b13-12+. The second kappa shape index (κ2) is 6.84. The van der Waals surface area contributed by atoms with Crippen LogP contribution >= 0.6 is 0 Å². The van der Waals surface area contributed by atoms with E-state index >= 15 is 0 Å². The van der Waals surface area contributed by atoms with Crippen LogP contribution in [0.4, 0.5) is 4.39 Å². The number of carbonyl (C=O) groups is 1. The molecule has 0 radical (unpaired) electrons. The van der Waals surface area contributed by atoms with Gasteiger partial charge in [0.2, 0.25) is 0 Å². The first-order valence-corrected chi connectivity index (χ1v) is 6.79. The average molecular weight is 284 g/mol. The molecular weight excluding hydrogens is 267 g/mol. The van der Waals surface area contributed by atoms with E-state index in [0.717, 1.165) is 35.1 Å². The number of rotatable bonds is 5. The van der Waals surface area contributed by atoms with Crippen molar-refractivity contribution in [3.05, 3.63) is 71.6 Å². The molecule has 2 aromatic carbocycles. The molecule has 0 spiro atoms. The maximum absolute atomic E-state index is 12.9. The largest absolute Gasteiger partial charge is 0.478 e. The Bertz CT molecular complexity index is 640. The Morgan fingerprint density at radius 3 is 2.10 bits per heavy atom. The minimum atomic E-state index is -0.904. The molecule has 0 fully saturated rings. The highest BCUT2D eigenvalue weighted by Gasteiger charge is 2.00. The van der Waals surface area contributed by atoms with Crippen molar-refractivity contribution in [2.24, 2.45) is 0 Å². The number of hydrogen-bond donors (Lipinski definition) is 1. The lowest BCUT2D eigenvalue weighted by molar-refractivity contribution is -0.131. The van der Waals surface area contributed by atoms with Gasteiger partial charge < -0.3 is 5.11 Å². The molecule has 0 aliphatic rings. The van der Waals surface area contributed by atoms with Crippen LogP contribution in [0, 0.1) is 5.82 Å². The Morgan fingerprint density at radius 2 is 1.57 bits per heavy atom. The summed E-state index contributed by atoms with van der Waals surface area (Å²) in [5, 5.41) is 8.66. The van der Waals surface area contributed by atoms with Crippen molar-refractivity contribution in [2.45, 2.75) is 19.8 Å². The van der Waals surface area contributed by atoms with Gasteiger partial charge in [0.15, 0.2) is 0 Å². The Morgan fingerprint density at radius 1 is 1.05 bits per heavy atom. The van der Waals surface area contributed by atoms with Crippen molar-refractivity contribution < 1.29 is 14.3 Å². The van der Waals surface area contributed by atoms with Crippen LogP contribution in [-0.2, 0) is 11.2 Å². The van der Waals surface area contributed by atoms with Crippen LogP contribution in [0.1, 0.15) is 18.9 Å². The van der Waals surface area contributed by atoms with E-state index < -0.39 is 5.97 Å². The smallest absolute Gasteiger partial charge is 0.328 e. The fourth-order valence-electron chi connectivity index (χ4n) is 2.13. The molecule has 0 unspecified atom stereocenters. The summed E-state index contributed by atoms with van der Waals surface area (Å²) in [6.07, 6.45) is 2.77. The highest BCUT2D eigenvalue weighted by atomic mass is 19.1. The van der Waals surface area contributed by atoms with E-state index in [0.29, 0.717) is 0 Å². The summed E-state index contributed by atoms with van der Waals surface area (Å²) >= 11 is 0. The first kappa shape index (κ1) is 15.0. The molecule has 0 atom stereocenters. The predicted molar refractivity (Wildman–Crippen MR) is 81.5 cm³/mol. The van der Waals surface area contributed by atoms with E-state index in [2.05, 4.69) is 0 Å². The highest BCUT2D eigenvalue weighted by molar-refractivity contribution is 5.80. The molecule has 2 rings (SSSR count). The van der Waals surface area contributed by atoms with Crippen molar-refractivity contribution >= 4 is 5.97 Å². The van der Waals surface area contributed by atoms with Crippen molar-refractivity contribution in [1.82, 2.24) is 0 Å². The van der Waals surface area contributed by atoms with Gasteiger partial charge in [0.25, 0.3) is 0 Å². The van der Waals surface area contributed by atoms with Gasteiger partial charge in [-0.25, -0.2) is 9.18 Å². The Balaban J connectivity index is 2.02. The summed E-state index contributed by atoms with van der Waals surface area (Å²) in [6, 6.07) is 14.4. The average Bonchev–Trinajstić information content (AvgIpc) is 2.46. The summed E-state index contributed by atoms with van der Waals surface area (Å²) in [4.78, 5) is 10.5. The van der Waals surface area contributed by atoms with Gasteiger partial charge in [0.1, 0.15) is 5.82 Å². The van der Waals surface area contributed by atoms with E-state index in [1.165, 1.54) is 18.2 Å². The summed E-state index contributed by atoms with van der Waals surface area (Å²) < 4.78 is 12.9. The van der Waals surface area contributed by atoms with Gasteiger partial charge in [-0.3, -0.25) is 0 Å². The van der Waals surface area contributed by atoms with Gasteiger partial charge in [0, 0.05) is 6.08 Å². The lowest BCUT2D eigenvalue weighted by Crippen LogP contribution is -1.92. The van der Waals surface area contributed by atoms with Gasteiger partial charge in [-0.1, -0.05) is 42.0 Å². The number of hydrogen-bond acceptors (Lipinski definition) is 1. The molecule has 0 bridgehead atoms. The zero-order valence-corrected chi connectivity index (χ0v) is 11.8. The van der Waals surface area contributed by atoms with Crippen molar-refractivity contribution in [3.63, 3.8) is 0 Å². The quantitative estimate of drug-likeness (QED) is 0.823. The summed E-state index contributed by atoms with van der Waals surface area (Å²) in [5.41, 5.74) is 4.02. The van der Waals surface area contributed by atoms with Crippen LogP contribution < -0.4 is 0 Å². The number of aliphatic carboxylic acids is 1. The molecule has 0 saturated heterocycles. The van der Waals surface area contributed by atoms with Crippen LogP contribution in [0.25, 0.3) is 11.1 Å². The summed E-state index contributed by atoms with van der Waals surface area (Å²) in [6.45, 7) is 1.82. The van der Waals surface area contributed by atoms with E-state index in [4.69, 9.17) is 5.11 Å². The third-order valence-corrected chi connectivity index (χ3v) is 3.31. The first-order valence-electron chi connectivity index (χ1n) is 6.79. The van der Waals surface area contributed by atoms with Gasteiger partial charge in [-0.05, 0) is 48.6 Å². The van der Waals surface area contributed by atoms with E-state index in [1.807, 2.05) is 31.2 Å². The van der Waals surface area contributed by atoms with E-state index in [9.17, 15) is 9.18 Å². The third kappa shape index (κ3) is 4.56. The number of carboxylic acids is 1. The topological polar surface area (TPSA) is 37.3 Å². The molecule has 0 aliphatic carbocycles. The van der Waals surface area contributed by atoms with Crippen LogP contribution in [0.3, 0.4) is 0 Å². The molecule has 2 aromatic rings. The third-order valence-electron chi connectivity index (χ3n) is 3.31. The number of carboxylic acid groups (broad SMARTS) is 1. The molecule has 0 amide bonds. The Labute approximate surface area is 123 Å². The highest BCUT2D eigenvalue weighted by Crippen LogP contribution is 2.21. The molecule has 2 nitrogen and oxygen atoms in total.